The van der Waals surface area contributed by atoms with Gasteiger partial charge in [-0.05, 0) is 32.1 Å². The van der Waals surface area contributed by atoms with Crippen molar-refractivity contribution in [3.63, 3.8) is 0 Å². The van der Waals surface area contributed by atoms with Gasteiger partial charge in [-0.15, -0.1) is 22.7 Å². The van der Waals surface area contributed by atoms with Gasteiger partial charge >= 0.3 is 0 Å². The first-order valence-electron chi connectivity index (χ1n) is 6.80. The first-order chi connectivity index (χ1) is 10.6. The molecule has 2 nitrogen and oxygen atoms in total. The Labute approximate surface area is 143 Å². The van der Waals surface area contributed by atoms with Crippen molar-refractivity contribution in [1.82, 2.24) is 4.98 Å². The van der Waals surface area contributed by atoms with E-state index >= 15 is 0 Å². The molecule has 2 heterocycles. The average Bonchev–Trinajstić information content (AvgIpc) is 3.14. The standard InChI is InChI=1S/C17H15NOS3/c1-10-4-6-12(7-5-10)14-9-21-16(18-14)13-8-15(17(20)19-3)22-11(13)2/h4-9H,1-3H3. The molecule has 0 unspecified atom stereocenters. The van der Waals surface area contributed by atoms with E-state index in [0.717, 1.165) is 26.7 Å². The van der Waals surface area contributed by atoms with Crippen LogP contribution < -0.4 is 0 Å². The van der Waals surface area contributed by atoms with E-state index in [2.05, 4.69) is 49.6 Å². The lowest BCUT2D eigenvalue weighted by atomic mass is 10.1. The van der Waals surface area contributed by atoms with Crippen LogP contribution in [0.15, 0.2) is 35.7 Å². The predicted octanol–water partition coefficient (Wildman–Crippen LogP) is 5.48. The topological polar surface area (TPSA) is 22.1 Å². The molecule has 0 spiro atoms. The number of methoxy groups -OCH3 is 1. The summed E-state index contributed by atoms with van der Waals surface area (Å²) >= 11 is 8.52. The smallest absolute Gasteiger partial charge is 0.201 e. The number of ether oxygens (including phenoxy) is 1. The molecule has 5 heteroatoms. The van der Waals surface area contributed by atoms with E-state index in [4.69, 9.17) is 21.9 Å². The molecule has 0 amide bonds. The van der Waals surface area contributed by atoms with Gasteiger partial charge < -0.3 is 4.74 Å². The minimum absolute atomic E-state index is 0.537. The zero-order valence-electron chi connectivity index (χ0n) is 12.5. The minimum atomic E-state index is 0.537. The largest absolute Gasteiger partial charge is 0.486 e. The maximum Gasteiger partial charge on any atom is 0.201 e. The summed E-state index contributed by atoms with van der Waals surface area (Å²) in [6.45, 7) is 4.18. The molecule has 0 radical (unpaired) electrons. The lowest BCUT2D eigenvalue weighted by molar-refractivity contribution is 0.417. The summed E-state index contributed by atoms with van der Waals surface area (Å²) in [5.41, 5.74) is 4.56. The van der Waals surface area contributed by atoms with E-state index in [1.54, 1.807) is 29.8 Å². The second kappa shape index (κ2) is 6.28. The number of aryl methyl sites for hydroxylation is 2. The van der Waals surface area contributed by atoms with Crippen molar-refractivity contribution in [2.24, 2.45) is 0 Å². The molecule has 3 rings (SSSR count). The van der Waals surface area contributed by atoms with Crippen molar-refractivity contribution >= 4 is 39.9 Å². The molecule has 0 N–H and O–H groups in total. The molecule has 0 fully saturated rings. The van der Waals surface area contributed by atoms with Crippen molar-refractivity contribution in [2.75, 3.05) is 7.11 Å². The van der Waals surface area contributed by atoms with Gasteiger partial charge in [0.15, 0.2) is 0 Å². The van der Waals surface area contributed by atoms with Crippen LogP contribution in [-0.2, 0) is 4.74 Å². The molecule has 0 aliphatic rings. The number of benzene rings is 1. The normalized spacial score (nSPS) is 10.7. The fourth-order valence-electron chi connectivity index (χ4n) is 2.15. The van der Waals surface area contributed by atoms with Crippen LogP contribution in [0.1, 0.15) is 15.3 Å². The van der Waals surface area contributed by atoms with Crippen LogP contribution in [-0.4, -0.2) is 17.1 Å². The third-order valence-electron chi connectivity index (χ3n) is 3.39. The van der Waals surface area contributed by atoms with E-state index in [9.17, 15) is 0 Å². The van der Waals surface area contributed by atoms with Gasteiger partial charge in [0.2, 0.25) is 5.05 Å². The third-order valence-corrected chi connectivity index (χ3v) is 5.83. The summed E-state index contributed by atoms with van der Waals surface area (Å²) < 4.78 is 5.15. The highest BCUT2D eigenvalue weighted by atomic mass is 32.1. The van der Waals surface area contributed by atoms with Gasteiger partial charge in [-0.1, -0.05) is 29.8 Å². The van der Waals surface area contributed by atoms with E-state index in [1.165, 1.54) is 10.4 Å². The lowest BCUT2D eigenvalue weighted by Crippen LogP contribution is -1.94. The van der Waals surface area contributed by atoms with Crippen LogP contribution in [0.25, 0.3) is 21.8 Å². The van der Waals surface area contributed by atoms with Crippen LogP contribution in [0.3, 0.4) is 0 Å². The molecule has 1 aromatic carbocycles. The molecule has 0 saturated carbocycles. The van der Waals surface area contributed by atoms with E-state index in [-0.39, 0.29) is 0 Å². The van der Waals surface area contributed by atoms with Gasteiger partial charge in [0.1, 0.15) is 5.01 Å². The number of nitrogens with zero attached hydrogens (tertiary/aromatic N) is 1. The minimum Gasteiger partial charge on any atom is -0.486 e. The number of thiophene rings is 1. The van der Waals surface area contributed by atoms with Crippen LogP contribution in [0.5, 0.6) is 0 Å². The molecular formula is C17H15NOS3. The summed E-state index contributed by atoms with van der Waals surface area (Å²) in [4.78, 5) is 6.97. The zero-order chi connectivity index (χ0) is 15.7. The van der Waals surface area contributed by atoms with Gasteiger partial charge in [0.05, 0.1) is 17.7 Å². The molecular weight excluding hydrogens is 330 g/mol. The highest BCUT2D eigenvalue weighted by Crippen LogP contribution is 2.35. The highest BCUT2D eigenvalue weighted by Gasteiger charge is 2.14. The summed E-state index contributed by atoms with van der Waals surface area (Å²) in [6, 6.07) is 10.5. The monoisotopic (exact) mass is 345 g/mol. The molecule has 2 aromatic heterocycles. The van der Waals surface area contributed by atoms with Crippen molar-refractivity contribution in [3.05, 3.63) is 51.0 Å². The zero-order valence-corrected chi connectivity index (χ0v) is 15.0. The molecule has 0 saturated heterocycles. The molecule has 112 valence electrons. The average molecular weight is 346 g/mol. The first kappa shape index (κ1) is 15.3. The first-order valence-corrected chi connectivity index (χ1v) is 8.90. The molecule has 3 aromatic rings. The van der Waals surface area contributed by atoms with Gasteiger partial charge in [-0.3, -0.25) is 0 Å². The van der Waals surface area contributed by atoms with Crippen molar-refractivity contribution in [1.29, 1.82) is 0 Å². The summed E-state index contributed by atoms with van der Waals surface area (Å²) in [5, 5.41) is 3.66. The number of thiazole rings is 1. The van der Waals surface area contributed by atoms with E-state index in [0.29, 0.717) is 5.05 Å². The second-order valence-electron chi connectivity index (χ2n) is 4.98. The Kier molecular flexibility index (Phi) is 4.38. The van der Waals surface area contributed by atoms with Crippen LogP contribution in [0.4, 0.5) is 0 Å². The quantitative estimate of drug-likeness (QED) is 0.587. The number of aromatic nitrogens is 1. The maximum atomic E-state index is 5.21. The van der Waals surface area contributed by atoms with Gasteiger partial charge in [-0.25, -0.2) is 4.98 Å². The fraction of sp³-hybridized carbons (Fsp3) is 0.176. The number of thiocarbonyl (C=S) groups is 1. The fourth-order valence-corrected chi connectivity index (χ4v) is 4.24. The van der Waals surface area contributed by atoms with Gasteiger partial charge in [-0.2, -0.15) is 0 Å². The Hall–Kier alpha value is -1.56. The molecule has 0 bridgehead atoms. The van der Waals surface area contributed by atoms with Crippen LogP contribution in [0, 0.1) is 13.8 Å². The third kappa shape index (κ3) is 2.97. The number of rotatable bonds is 3. The molecule has 0 aliphatic carbocycles. The summed E-state index contributed by atoms with van der Waals surface area (Å²) in [6.07, 6.45) is 0. The van der Waals surface area contributed by atoms with Crippen LogP contribution >= 0.6 is 34.9 Å². The SMILES string of the molecule is COC(=S)c1cc(-c2nc(-c3ccc(C)cc3)cs2)c(C)s1. The highest BCUT2D eigenvalue weighted by molar-refractivity contribution is 7.80. The Balaban J connectivity index is 1.95. The lowest BCUT2D eigenvalue weighted by Gasteiger charge is -1.97. The van der Waals surface area contributed by atoms with Crippen molar-refractivity contribution < 1.29 is 4.74 Å². The summed E-state index contributed by atoms with van der Waals surface area (Å²) in [5.74, 6) is 0. The van der Waals surface area contributed by atoms with E-state index in [1.807, 2.05) is 0 Å². The Morgan fingerprint density at radius 2 is 1.91 bits per heavy atom. The Morgan fingerprint density at radius 3 is 2.59 bits per heavy atom. The number of hydrogen-bond acceptors (Lipinski definition) is 5. The van der Waals surface area contributed by atoms with Gasteiger partial charge in [0, 0.05) is 21.4 Å². The Morgan fingerprint density at radius 1 is 1.18 bits per heavy atom. The van der Waals surface area contributed by atoms with Crippen LogP contribution in [0.2, 0.25) is 0 Å². The van der Waals surface area contributed by atoms with Crippen molar-refractivity contribution in [2.45, 2.75) is 13.8 Å². The maximum absolute atomic E-state index is 5.21. The predicted molar refractivity (Wildman–Crippen MR) is 99.0 cm³/mol. The molecule has 0 atom stereocenters. The number of hydrogen-bond donors (Lipinski definition) is 0. The second-order valence-corrected chi connectivity index (χ2v) is 7.46. The summed E-state index contributed by atoms with van der Waals surface area (Å²) in [7, 11) is 1.61. The molecule has 22 heavy (non-hydrogen) atoms. The molecule has 0 aliphatic heterocycles. The Bertz CT molecular complexity index is 815. The van der Waals surface area contributed by atoms with E-state index < -0.39 is 0 Å². The van der Waals surface area contributed by atoms with Gasteiger partial charge in [0.25, 0.3) is 0 Å². The van der Waals surface area contributed by atoms with Crippen molar-refractivity contribution in [3.8, 4) is 21.8 Å².